The predicted octanol–water partition coefficient (Wildman–Crippen LogP) is 0.955. The molecule has 0 aromatic carbocycles. The molecule has 1 saturated heterocycles. The number of nitrogens with two attached hydrogens (primary N) is 1. The number of carbonyl (C=O) groups is 2. The van der Waals surface area contributed by atoms with Gasteiger partial charge in [0.25, 0.3) is 5.91 Å². The Hall–Kier alpha value is -1.98. The predicted molar refractivity (Wildman–Crippen MR) is 77.4 cm³/mol. The van der Waals surface area contributed by atoms with Crippen LogP contribution in [0.1, 0.15) is 37.3 Å². The van der Waals surface area contributed by atoms with E-state index < -0.39 is 0 Å². The fraction of sp³-hybridized carbons (Fsp3) is 0.571. The van der Waals surface area contributed by atoms with Gasteiger partial charge in [-0.15, -0.1) is 0 Å². The zero-order valence-corrected chi connectivity index (χ0v) is 12.3. The molecule has 1 aliphatic heterocycles. The quantitative estimate of drug-likeness (QED) is 0.875. The van der Waals surface area contributed by atoms with Crippen molar-refractivity contribution in [3.63, 3.8) is 0 Å². The van der Waals surface area contributed by atoms with Crippen LogP contribution in [0.3, 0.4) is 0 Å². The molecule has 1 aromatic rings. The number of amides is 2. The van der Waals surface area contributed by atoms with Gasteiger partial charge < -0.3 is 20.1 Å². The molecule has 1 aromatic heterocycles. The lowest BCUT2D eigenvalue weighted by Gasteiger charge is -2.34. The third kappa shape index (κ3) is 2.79. The van der Waals surface area contributed by atoms with Crippen molar-refractivity contribution in [2.45, 2.75) is 26.8 Å². The number of rotatable bonds is 2. The Balaban J connectivity index is 2.11. The van der Waals surface area contributed by atoms with E-state index in [0.29, 0.717) is 37.6 Å². The van der Waals surface area contributed by atoms with Gasteiger partial charge in [-0.1, -0.05) is 0 Å². The van der Waals surface area contributed by atoms with Gasteiger partial charge in [0.05, 0.1) is 5.69 Å². The van der Waals surface area contributed by atoms with Crippen molar-refractivity contribution in [1.82, 2.24) is 14.4 Å². The van der Waals surface area contributed by atoms with Crippen molar-refractivity contribution in [3.05, 3.63) is 18.0 Å². The standard InChI is InChI=1S/C14H22N4O2/c1-10(2)18-9-12(15)8-13(18)14(20)17-6-4-16(5-7-17)11(3)19/h8-10H,4-7,15H2,1-3H3. The first kappa shape index (κ1) is 14.4. The second-order valence-corrected chi connectivity index (χ2v) is 5.46. The van der Waals surface area contributed by atoms with Crippen LogP contribution in [0.5, 0.6) is 0 Å². The first-order valence-corrected chi connectivity index (χ1v) is 6.92. The van der Waals surface area contributed by atoms with Gasteiger partial charge in [-0.05, 0) is 19.9 Å². The van der Waals surface area contributed by atoms with Crippen molar-refractivity contribution in [2.24, 2.45) is 0 Å². The summed E-state index contributed by atoms with van der Waals surface area (Å²) < 4.78 is 1.90. The molecule has 2 amide bonds. The Kier molecular flexibility index (Phi) is 4.01. The molecule has 1 fully saturated rings. The van der Waals surface area contributed by atoms with Crippen LogP contribution in [0, 0.1) is 0 Å². The van der Waals surface area contributed by atoms with Crippen LogP contribution in [0.2, 0.25) is 0 Å². The molecule has 6 nitrogen and oxygen atoms in total. The molecule has 110 valence electrons. The smallest absolute Gasteiger partial charge is 0.270 e. The lowest BCUT2D eigenvalue weighted by Crippen LogP contribution is -2.50. The molecule has 2 rings (SSSR count). The second-order valence-electron chi connectivity index (χ2n) is 5.46. The van der Waals surface area contributed by atoms with E-state index in [4.69, 9.17) is 5.73 Å². The van der Waals surface area contributed by atoms with Crippen molar-refractivity contribution >= 4 is 17.5 Å². The third-order valence-corrected chi connectivity index (χ3v) is 3.66. The molecule has 6 heteroatoms. The van der Waals surface area contributed by atoms with E-state index >= 15 is 0 Å². The highest BCUT2D eigenvalue weighted by Crippen LogP contribution is 2.19. The highest BCUT2D eigenvalue weighted by Gasteiger charge is 2.25. The van der Waals surface area contributed by atoms with E-state index in [-0.39, 0.29) is 17.9 Å². The van der Waals surface area contributed by atoms with Gasteiger partial charge in [0.1, 0.15) is 5.69 Å². The number of nitrogens with zero attached hydrogens (tertiary/aromatic N) is 3. The second kappa shape index (κ2) is 5.56. The average molecular weight is 278 g/mol. The molecule has 20 heavy (non-hydrogen) atoms. The lowest BCUT2D eigenvalue weighted by molar-refractivity contribution is -0.130. The molecule has 0 atom stereocenters. The molecular weight excluding hydrogens is 256 g/mol. The maximum Gasteiger partial charge on any atom is 0.270 e. The molecule has 2 heterocycles. The van der Waals surface area contributed by atoms with E-state index in [1.165, 1.54) is 0 Å². The number of hydrogen-bond acceptors (Lipinski definition) is 3. The molecule has 1 aliphatic rings. The number of aromatic nitrogens is 1. The summed E-state index contributed by atoms with van der Waals surface area (Å²) in [4.78, 5) is 27.4. The Bertz CT molecular complexity index is 513. The van der Waals surface area contributed by atoms with Crippen LogP contribution in [0.15, 0.2) is 12.3 Å². The Morgan fingerprint density at radius 2 is 1.70 bits per heavy atom. The van der Waals surface area contributed by atoms with E-state index in [1.807, 2.05) is 18.4 Å². The van der Waals surface area contributed by atoms with Crippen LogP contribution in [0.25, 0.3) is 0 Å². The van der Waals surface area contributed by atoms with Gasteiger partial charge in [-0.3, -0.25) is 9.59 Å². The number of anilines is 1. The monoisotopic (exact) mass is 278 g/mol. The Morgan fingerprint density at radius 1 is 1.15 bits per heavy atom. The van der Waals surface area contributed by atoms with Crippen molar-refractivity contribution in [1.29, 1.82) is 0 Å². The normalized spacial score (nSPS) is 15.8. The van der Waals surface area contributed by atoms with Crippen LogP contribution in [-0.2, 0) is 4.79 Å². The molecule has 0 bridgehead atoms. The molecule has 0 saturated carbocycles. The van der Waals surface area contributed by atoms with E-state index in [9.17, 15) is 9.59 Å². The van der Waals surface area contributed by atoms with Crippen molar-refractivity contribution in [3.8, 4) is 0 Å². The first-order valence-electron chi connectivity index (χ1n) is 6.92. The van der Waals surface area contributed by atoms with E-state index in [1.54, 1.807) is 29.0 Å². The summed E-state index contributed by atoms with van der Waals surface area (Å²) in [7, 11) is 0. The minimum Gasteiger partial charge on any atom is -0.397 e. The molecule has 2 N–H and O–H groups in total. The van der Waals surface area contributed by atoms with Gasteiger partial charge in [-0.2, -0.15) is 0 Å². The van der Waals surface area contributed by atoms with Gasteiger partial charge in [0, 0.05) is 45.3 Å². The highest BCUT2D eigenvalue weighted by molar-refractivity contribution is 5.94. The maximum absolute atomic E-state index is 12.6. The fourth-order valence-corrected chi connectivity index (χ4v) is 2.49. The Labute approximate surface area is 119 Å². The van der Waals surface area contributed by atoms with E-state index in [0.717, 1.165) is 0 Å². The fourth-order valence-electron chi connectivity index (χ4n) is 2.49. The Morgan fingerprint density at radius 3 is 2.20 bits per heavy atom. The molecular formula is C14H22N4O2. The van der Waals surface area contributed by atoms with Crippen molar-refractivity contribution in [2.75, 3.05) is 31.9 Å². The number of hydrogen-bond donors (Lipinski definition) is 1. The summed E-state index contributed by atoms with van der Waals surface area (Å²) in [6, 6.07) is 1.91. The van der Waals surface area contributed by atoms with Crippen molar-refractivity contribution < 1.29 is 9.59 Å². The summed E-state index contributed by atoms with van der Waals surface area (Å²) in [6.07, 6.45) is 1.80. The zero-order chi connectivity index (χ0) is 14.9. The lowest BCUT2D eigenvalue weighted by atomic mass is 10.2. The third-order valence-electron chi connectivity index (χ3n) is 3.66. The largest absolute Gasteiger partial charge is 0.397 e. The minimum absolute atomic E-state index is 0.0152. The highest BCUT2D eigenvalue weighted by atomic mass is 16.2. The number of nitrogen functional groups attached to an aromatic ring is 1. The van der Waals surface area contributed by atoms with Crippen LogP contribution < -0.4 is 5.73 Å². The summed E-state index contributed by atoms with van der Waals surface area (Å²) in [6.45, 7) is 7.93. The summed E-state index contributed by atoms with van der Waals surface area (Å²) >= 11 is 0. The molecule has 0 spiro atoms. The summed E-state index contributed by atoms with van der Waals surface area (Å²) in [5, 5.41) is 0. The van der Waals surface area contributed by atoms with E-state index in [2.05, 4.69) is 0 Å². The van der Waals surface area contributed by atoms with Gasteiger partial charge >= 0.3 is 0 Å². The SMILES string of the molecule is CC(=O)N1CCN(C(=O)c2cc(N)cn2C(C)C)CC1. The summed E-state index contributed by atoms with van der Waals surface area (Å²) in [5.74, 6) is 0.0468. The topological polar surface area (TPSA) is 71.6 Å². The molecule has 0 unspecified atom stereocenters. The summed E-state index contributed by atoms with van der Waals surface area (Å²) in [5.41, 5.74) is 7.02. The van der Waals surface area contributed by atoms with Gasteiger partial charge in [0.2, 0.25) is 5.91 Å². The molecule has 0 aliphatic carbocycles. The molecule has 0 radical (unpaired) electrons. The average Bonchev–Trinajstić information content (AvgIpc) is 2.80. The number of carbonyl (C=O) groups excluding carboxylic acids is 2. The van der Waals surface area contributed by atoms with Gasteiger partial charge in [0.15, 0.2) is 0 Å². The van der Waals surface area contributed by atoms with Crippen LogP contribution in [-0.4, -0.2) is 52.4 Å². The van der Waals surface area contributed by atoms with Gasteiger partial charge in [-0.25, -0.2) is 0 Å². The minimum atomic E-state index is -0.0152. The zero-order valence-electron chi connectivity index (χ0n) is 12.3. The first-order chi connectivity index (χ1) is 9.40. The van der Waals surface area contributed by atoms with Crippen LogP contribution in [0.4, 0.5) is 5.69 Å². The van der Waals surface area contributed by atoms with Crippen LogP contribution >= 0.6 is 0 Å². The maximum atomic E-state index is 12.6. The number of piperazine rings is 1.